The molecule has 2 unspecified atom stereocenters. The van der Waals surface area contributed by atoms with Crippen molar-refractivity contribution in [2.45, 2.75) is 26.8 Å². The molecular formula is C16H20N2. The molecule has 1 fully saturated rings. The lowest BCUT2D eigenvalue weighted by Gasteiger charge is -2.09. The summed E-state index contributed by atoms with van der Waals surface area (Å²) in [6.07, 6.45) is 1.39. The van der Waals surface area contributed by atoms with Crippen molar-refractivity contribution in [2.75, 3.05) is 6.54 Å². The molecule has 1 aromatic carbocycles. The van der Waals surface area contributed by atoms with Crippen molar-refractivity contribution in [2.24, 2.45) is 11.8 Å². The lowest BCUT2D eigenvalue weighted by Crippen LogP contribution is -2.17. The van der Waals surface area contributed by atoms with Gasteiger partial charge in [-0.2, -0.15) is 0 Å². The summed E-state index contributed by atoms with van der Waals surface area (Å²) in [5.74, 6) is 1.83. The molecule has 0 saturated heterocycles. The average Bonchev–Trinajstić information content (AvgIpc) is 3.05. The average molecular weight is 240 g/mol. The predicted molar refractivity (Wildman–Crippen MR) is 75.5 cm³/mol. The van der Waals surface area contributed by atoms with E-state index in [0.717, 1.165) is 36.1 Å². The van der Waals surface area contributed by atoms with Crippen molar-refractivity contribution in [1.82, 2.24) is 10.3 Å². The minimum atomic E-state index is 0.902. The summed E-state index contributed by atoms with van der Waals surface area (Å²) in [5.41, 5.74) is 3.57. The molecule has 1 N–H and O–H groups in total. The van der Waals surface area contributed by atoms with E-state index >= 15 is 0 Å². The summed E-state index contributed by atoms with van der Waals surface area (Å²) in [6.45, 7) is 6.50. The monoisotopic (exact) mass is 240 g/mol. The Morgan fingerprint density at radius 1 is 1.33 bits per heavy atom. The minimum Gasteiger partial charge on any atom is -0.312 e. The lowest BCUT2D eigenvalue weighted by molar-refractivity contribution is 0.613. The molecule has 2 aromatic rings. The highest BCUT2D eigenvalue weighted by atomic mass is 14.9. The number of nitrogens with zero attached hydrogens (tertiary/aromatic N) is 1. The Morgan fingerprint density at radius 3 is 2.89 bits per heavy atom. The Hall–Kier alpha value is -1.41. The van der Waals surface area contributed by atoms with Gasteiger partial charge in [-0.1, -0.05) is 25.1 Å². The van der Waals surface area contributed by atoms with Gasteiger partial charge in [0.05, 0.1) is 5.52 Å². The van der Waals surface area contributed by atoms with Gasteiger partial charge in [0.15, 0.2) is 0 Å². The van der Waals surface area contributed by atoms with Gasteiger partial charge in [-0.25, -0.2) is 0 Å². The number of benzene rings is 1. The third-order valence-electron chi connectivity index (χ3n) is 3.93. The molecule has 1 aliphatic rings. The topological polar surface area (TPSA) is 24.9 Å². The van der Waals surface area contributed by atoms with E-state index in [0.29, 0.717) is 0 Å². The van der Waals surface area contributed by atoms with Crippen LogP contribution in [-0.2, 0) is 6.54 Å². The van der Waals surface area contributed by atoms with Crippen LogP contribution in [-0.4, -0.2) is 11.5 Å². The molecule has 1 aromatic heterocycles. The molecule has 0 aliphatic heterocycles. The number of aromatic nitrogens is 1. The Kier molecular flexibility index (Phi) is 3.04. The van der Waals surface area contributed by atoms with E-state index in [1.807, 2.05) is 0 Å². The highest BCUT2D eigenvalue weighted by Crippen LogP contribution is 2.36. The van der Waals surface area contributed by atoms with Crippen molar-refractivity contribution >= 4 is 10.9 Å². The second-order valence-corrected chi connectivity index (χ2v) is 5.54. The first-order valence-electron chi connectivity index (χ1n) is 6.80. The second-order valence-electron chi connectivity index (χ2n) is 5.54. The maximum atomic E-state index is 4.58. The first-order valence-corrected chi connectivity index (χ1v) is 6.80. The zero-order chi connectivity index (χ0) is 12.5. The van der Waals surface area contributed by atoms with E-state index < -0.39 is 0 Å². The molecule has 0 radical (unpaired) electrons. The van der Waals surface area contributed by atoms with Crippen molar-refractivity contribution in [3.8, 4) is 0 Å². The maximum Gasteiger partial charge on any atom is 0.0708 e. The Morgan fingerprint density at radius 2 is 2.11 bits per heavy atom. The van der Waals surface area contributed by atoms with E-state index in [2.05, 4.69) is 54.5 Å². The van der Waals surface area contributed by atoms with Crippen LogP contribution in [0.3, 0.4) is 0 Å². The number of aryl methyl sites for hydroxylation is 1. The van der Waals surface area contributed by atoms with E-state index in [4.69, 9.17) is 0 Å². The fraction of sp³-hybridized carbons (Fsp3) is 0.438. The van der Waals surface area contributed by atoms with Crippen molar-refractivity contribution in [3.63, 3.8) is 0 Å². The van der Waals surface area contributed by atoms with Crippen LogP contribution < -0.4 is 5.32 Å². The third kappa shape index (κ3) is 2.39. The van der Waals surface area contributed by atoms with Crippen LogP contribution in [0.5, 0.6) is 0 Å². The van der Waals surface area contributed by atoms with Gasteiger partial charge >= 0.3 is 0 Å². The van der Waals surface area contributed by atoms with Crippen molar-refractivity contribution < 1.29 is 0 Å². The smallest absolute Gasteiger partial charge is 0.0708 e. The molecule has 0 bridgehead atoms. The van der Waals surface area contributed by atoms with Crippen molar-refractivity contribution in [1.29, 1.82) is 0 Å². The standard InChI is InChI=1S/C16H20N2/c1-11-7-13(11)9-17-10-14-8-12(2)18-16-6-4-3-5-15(14)16/h3-6,8,11,13,17H,7,9-10H2,1-2H3. The summed E-state index contributed by atoms with van der Waals surface area (Å²) in [7, 11) is 0. The fourth-order valence-electron chi connectivity index (χ4n) is 2.62. The molecule has 2 nitrogen and oxygen atoms in total. The molecule has 2 atom stereocenters. The van der Waals surface area contributed by atoms with Crippen LogP contribution in [0.1, 0.15) is 24.6 Å². The number of para-hydroxylation sites is 1. The second kappa shape index (κ2) is 4.69. The molecule has 18 heavy (non-hydrogen) atoms. The van der Waals surface area contributed by atoms with Gasteiger partial charge in [0.1, 0.15) is 0 Å². The van der Waals surface area contributed by atoms with Gasteiger partial charge < -0.3 is 5.32 Å². The quantitative estimate of drug-likeness (QED) is 0.887. The summed E-state index contributed by atoms with van der Waals surface area (Å²) in [6, 6.07) is 10.6. The van der Waals surface area contributed by atoms with Crippen LogP contribution in [0.4, 0.5) is 0 Å². The molecule has 1 aliphatic carbocycles. The van der Waals surface area contributed by atoms with Gasteiger partial charge in [-0.3, -0.25) is 4.98 Å². The molecule has 0 amide bonds. The molecular weight excluding hydrogens is 220 g/mol. The van der Waals surface area contributed by atoms with E-state index in [1.165, 1.54) is 17.4 Å². The molecule has 1 heterocycles. The minimum absolute atomic E-state index is 0.902. The van der Waals surface area contributed by atoms with Crippen molar-refractivity contribution in [3.05, 3.63) is 41.6 Å². The number of hydrogen-bond donors (Lipinski definition) is 1. The van der Waals surface area contributed by atoms with E-state index in [9.17, 15) is 0 Å². The molecule has 1 saturated carbocycles. The number of hydrogen-bond acceptors (Lipinski definition) is 2. The van der Waals surface area contributed by atoms with Crippen LogP contribution >= 0.6 is 0 Å². The predicted octanol–water partition coefficient (Wildman–Crippen LogP) is 3.29. The number of fused-ring (bicyclic) bond motifs is 1. The highest BCUT2D eigenvalue weighted by Gasteiger charge is 2.31. The zero-order valence-electron chi connectivity index (χ0n) is 11.1. The summed E-state index contributed by atoms with van der Waals surface area (Å²) in [4.78, 5) is 4.58. The van der Waals surface area contributed by atoms with Gasteiger partial charge in [-0.15, -0.1) is 0 Å². The summed E-state index contributed by atoms with van der Waals surface area (Å²) >= 11 is 0. The van der Waals surface area contributed by atoms with Gasteiger partial charge in [0, 0.05) is 17.6 Å². The Balaban J connectivity index is 1.77. The maximum absolute atomic E-state index is 4.58. The van der Waals surface area contributed by atoms with Crippen LogP contribution in [0.15, 0.2) is 30.3 Å². The SMILES string of the molecule is Cc1cc(CNCC2CC2C)c2ccccc2n1. The van der Waals surface area contributed by atoms with E-state index in [-0.39, 0.29) is 0 Å². The fourth-order valence-corrected chi connectivity index (χ4v) is 2.62. The first-order chi connectivity index (χ1) is 8.74. The van der Waals surface area contributed by atoms with Crippen LogP contribution in [0, 0.1) is 18.8 Å². The largest absolute Gasteiger partial charge is 0.312 e. The molecule has 94 valence electrons. The number of pyridine rings is 1. The Bertz CT molecular complexity index is 562. The molecule has 0 spiro atoms. The third-order valence-corrected chi connectivity index (χ3v) is 3.93. The van der Waals surface area contributed by atoms with Gasteiger partial charge in [0.2, 0.25) is 0 Å². The van der Waals surface area contributed by atoms with E-state index in [1.54, 1.807) is 0 Å². The number of nitrogens with one attached hydrogen (secondary N) is 1. The molecule has 2 heteroatoms. The summed E-state index contributed by atoms with van der Waals surface area (Å²) in [5, 5.41) is 4.86. The normalized spacial score (nSPS) is 22.3. The Labute approximate surface area is 108 Å². The van der Waals surface area contributed by atoms with Crippen LogP contribution in [0.2, 0.25) is 0 Å². The van der Waals surface area contributed by atoms with Gasteiger partial charge in [0.25, 0.3) is 0 Å². The molecule has 3 rings (SSSR count). The van der Waals surface area contributed by atoms with Crippen LogP contribution in [0.25, 0.3) is 10.9 Å². The zero-order valence-corrected chi connectivity index (χ0v) is 11.1. The highest BCUT2D eigenvalue weighted by molar-refractivity contribution is 5.82. The van der Waals surface area contributed by atoms with Gasteiger partial charge in [-0.05, 0) is 49.4 Å². The summed E-state index contributed by atoms with van der Waals surface area (Å²) < 4.78 is 0. The lowest BCUT2D eigenvalue weighted by atomic mass is 10.1. The first kappa shape index (κ1) is 11.7. The number of rotatable bonds is 4.